The molecule has 1 saturated heterocycles. The van der Waals surface area contributed by atoms with Crippen LogP contribution in [-0.4, -0.2) is 32.9 Å². The predicted octanol–water partition coefficient (Wildman–Crippen LogP) is 3.77. The number of fused-ring (bicyclic) bond motifs is 2. The normalized spacial score (nSPS) is 22.4. The van der Waals surface area contributed by atoms with Crippen LogP contribution in [0.4, 0.5) is 4.79 Å². The summed E-state index contributed by atoms with van der Waals surface area (Å²) in [5, 5.41) is 4.52. The van der Waals surface area contributed by atoms with Gasteiger partial charge in [-0.05, 0) is 42.9 Å². The summed E-state index contributed by atoms with van der Waals surface area (Å²) in [7, 11) is 1.93. The van der Waals surface area contributed by atoms with Gasteiger partial charge >= 0.3 is 6.09 Å². The average molecular weight is 337 g/mol. The Kier molecular flexibility index (Phi) is 4.30. The fourth-order valence-electron chi connectivity index (χ4n) is 3.88. The summed E-state index contributed by atoms with van der Waals surface area (Å²) in [6.45, 7) is 0.326. The van der Waals surface area contributed by atoms with Gasteiger partial charge in [0.2, 0.25) is 0 Å². The third-order valence-electron chi connectivity index (χ3n) is 5.10. The van der Waals surface area contributed by atoms with Crippen molar-refractivity contribution in [3.63, 3.8) is 0 Å². The number of ether oxygens (including phenoxy) is 1. The van der Waals surface area contributed by atoms with Gasteiger partial charge in [0.15, 0.2) is 0 Å². The van der Waals surface area contributed by atoms with Gasteiger partial charge in [-0.3, -0.25) is 9.58 Å². The van der Waals surface area contributed by atoms with Gasteiger partial charge in [-0.15, -0.1) is 0 Å². The highest BCUT2D eigenvalue weighted by Gasteiger charge is 2.38. The lowest BCUT2D eigenvalue weighted by Gasteiger charge is -2.43. The molecule has 3 heterocycles. The van der Waals surface area contributed by atoms with E-state index < -0.39 is 0 Å². The largest absolute Gasteiger partial charge is 0.445 e. The summed E-state index contributed by atoms with van der Waals surface area (Å²) in [6.07, 6.45) is 8.01. The highest BCUT2D eigenvalue weighted by Crippen LogP contribution is 2.37. The minimum atomic E-state index is -0.199. The molecule has 130 valence electrons. The van der Waals surface area contributed by atoms with Gasteiger partial charge in [0.1, 0.15) is 6.61 Å². The van der Waals surface area contributed by atoms with Crippen LogP contribution in [-0.2, 0) is 18.4 Å². The van der Waals surface area contributed by atoms with Crippen LogP contribution in [0, 0.1) is 0 Å². The Labute approximate surface area is 147 Å². The lowest BCUT2D eigenvalue weighted by Crippen LogP contribution is -2.51. The van der Waals surface area contributed by atoms with Crippen molar-refractivity contribution < 1.29 is 9.53 Å². The van der Waals surface area contributed by atoms with Crippen molar-refractivity contribution in [3.05, 3.63) is 59.9 Å². The van der Waals surface area contributed by atoms with E-state index in [1.165, 1.54) is 5.57 Å². The van der Waals surface area contributed by atoms with Gasteiger partial charge in [-0.25, -0.2) is 4.79 Å². The number of carbonyl (C=O) groups excluding carboxylic acids is 1. The van der Waals surface area contributed by atoms with E-state index in [9.17, 15) is 4.79 Å². The molecule has 1 aromatic carbocycles. The second-order valence-electron chi connectivity index (χ2n) is 6.87. The predicted molar refractivity (Wildman–Crippen MR) is 95.7 cm³/mol. The molecule has 1 fully saturated rings. The Balaban J connectivity index is 1.49. The number of rotatable bonds is 3. The van der Waals surface area contributed by atoms with Crippen molar-refractivity contribution in [1.29, 1.82) is 0 Å². The maximum atomic E-state index is 12.7. The van der Waals surface area contributed by atoms with Crippen LogP contribution in [0.3, 0.4) is 0 Å². The van der Waals surface area contributed by atoms with Crippen molar-refractivity contribution in [3.8, 4) is 0 Å². The zero-order chi connectivity index (χ0) is 17.2. The minimum Gasteiger partial charge on any atom is -0.445 e. The van der Waals surface area contributed by atoms with Crippen molar-refractivity contribution in [2.45, 2.75) is 44.4 Å². The standard InChI is InChI=1S/C20H23N3O2/c1-22-11-10-19(21-22)16-12-17-8-5-9-18(13-16)23(17)20(24)25-14-15-6-3-2-4-7-15/h2-4,6-7,10-12,17-18H,5,8-9,13-14H2,1H3. The number of amides is 1. The molecule has 2 bridgehead atoms. The number of hydrogen-bond acceptors (Lipinski definition) is 3. The molecule has 2 aliphatic heterocycles. The number of benzene rings is 1. The Morgan fingerprint density at radius 1 is 1.24 bits per heavy atom. The molecular weight excluding hydrogens is 314 g/mol. The SMILES string of the molecule is Cn1ccc(C2=CC3CCCC(C2)N3C(=O)OCc2ccccc2)n1. The van der Waals surface area contributed by atoms with Gasteiger partial charge in [0.25, 0.3) is 0 Å². The van der Waals surface area contributed by atoms with Crippen molar-refractivity contribution in [1.82, 2.24) is 14.7 Å². The molecule has 2 atom stereocenters. The molecule has 2 unspecified atom stereocenters. The first-order valence-corrected chi connectivity index (χ1v) is 8.90. The summed E-state index contributed by atoms with van der Waals surface area (Å²) >= 11 is 0. The fourth-order valence-corrected chi connectivity index (χ4v) is 3.88. The number of aryl methyl sites for hydroxylation is 1. The van der Waals surface area contributed by atoms with Crippen LogP contribution in [0.1, 0.15) is 36.9 Å². The van der Waals surface area contributed by atoms with Gasteiger partial charge in [0, 0.05) is 19.3 Å². The topological polar surface area (TPSA) is 47.4 Å². The second kappa shape index (κ2) is 6.75. The first kappa shape index (κ1) is 15.9. The molecule has 2 aliphatic rings. The van der Waals surface area contributed by atoms with Crippen molar-refractivity contribution in [2.75, 3.05) is 0 Å². The highest BCUT2D eigenvalue weighted by molar-refractivity contribution is 5.73. The number of aromatic nitrogens is 2. The average Bonchev–Trinajstić information content (AvgIpc) is 3.06. The third-order valence-corrected chi connectivity index (χ3v) is 5.10. The summed E-state index contributed by atoms with van der Waals surface area (Å²) in [5.74, 6) is 0. The van der Waals surface area contributed by atoms with Gasteiger partial charge in [-0.1, -0.05) is 36.4 Å². The molecule has 0 saturated carbocycles. The Morgan fingerprint density at radius 2 is 2.08 bits per heavy atom. The molecule has 5 nitrogen and oxygen atoms in total. The molecule has 0 spiro atoms. The van der Waals surface area contributed by atoms with E-state index in [0.29, 0.717) is 6.61 Å². The number of piperidine rings is 1. The lowest BCUT2D eigenvalue weighted by molar-refractivity contribution is 0.0510. The monoisotopic (exact) mass is 337 g/mol. The minimum absolute atomic E-state index is 0.118. The molecular formula is C20H23N3O2. The van der Waals surface area contributed by atoms with Gasteiger partial charge in [-0.2, -0.15) is 5.10 Å². The smallest absolute Gasteiger partial charge is 0.410 e. The summed E-state index contributed by atoms with van der Waals surface area (Å²) in [6, 6.07) is 12.2. The van der Waals surface area contributed by atoms with Gasteiger partial charge in [0.05, 0.1) is 11.7 Å². The Morgan fingerprint density at radius 3 is 2.80 bits per heavy atom. The zero-order valence-corrected chi connectivity index (χ0v) is 14.5. The molecule has 2 aromatic rings. The molecule has 0 aliphatic carbocycles. The van der Waals surface area contributed by atoms with Crippen LogP contribution in [0.5, 0.6) is 0 Å². The van der Waals surface area contributed by atoms with E-state index in [4.69, 9.17) is 4.74 Å². The number of nitrogens with zero attached hydrogens (tertiary/aromatic N) is 3. The quantitative estimate of drug-likeness (QED) is 0.856. The first-order valence-electron chi connectivity index (χ1n) is 8.90. The maximum absolute atomic E-state index is 12.7. The van der Waals surface area contributed by atoms with E-state index in [-0.39, 0.29) is 18.2 Å². The van der Waals surface area contributed by atoms with E-state index >= 15 is 0 Å². The van der Waals surface area contributed by atoms with E-state index in [1.54, 1.807) is 0 Å². The van der Waals surface area contributed by atoms with Crippen LogP contribution in [0.25, 0.3) is 5.57 Å². The van der Waals surface area contributed by atoms with Crippen LogP contribution >= 0.6 is 0 Å². The molecule has 1 aromatic heterocycles. The molecule has 5 heteroatoms. The summed E-state index contributed by atoms with van der Waals surface area (Å²) < 4.78 is 7.41. The van der Waals surface area contributed by atoms with E-state index in [1.807, 2.05) is 59.2 Å². The van der Waals surface area contributed by atoms with E-state index in [0.717, 1.165) is 36.9 Å². The second-order valence-corrected chi connectivity index (χ2v) is 6.87. The Hall–Kier alpha value is -2.56. The highest BCUT2D eigenvalue weighted by atomic mass is 16.6. The van der Waals surface area contributed by atoms with Crippen LogP contribution in [0.15, 0.2) is 48.7 Å². The van der Waals surface area contributed by atoms with Crippen molar-refractivity contribution in [2.24, 2.45) is 7.05 Å². The maximum Gasteiger partial charge on any atom is 0.410 e. The molecule has 0 radical (unpaired) electrons. The fraction of sp³-hybridized carbons (Fsp3) is 0.400. The van der Waals surface area contributed by atoms with Gasteiger partial charge < -0.3 is 4.74 Å². The molecule has 25 heavy (non-hydrogen) atoms. The van der Waals surface area contributed by atoms with Crippen LogP contribution < -0.4 is 0 Å². The Bertz CT molecular complexity index is 781. The van der Waals surface area contributed by atoms with E-state index in [2.05, 4.69) is 11.2 Å². The molecule has 1 amide bonds. The molecule has 0 N–H and O–H groups in total. The lowest BCUT2D eigenvalue weighted by atomic mass is 9.84. The summed E-state index contributed by atoms with van der Waals surface area (Å²) in [4.78, 5) is 14.6. The van der Waals surface area contributed by atoms with Crippen LogP contribution in [0.2, 0.25) is 0 Å². The number of hydrogen-bond donors (Lipinski definition) is 0. The number of carbonyl (C=O) groups is 1. The third kappa shape index (κ3) is 3.31. The first-order chi connectivity index (χ1) is 12.2. The molecule has 4 rings (SSSR count). The summed E-state index contributed by atoms with van der Waals surface area (Å²) in [5.41, 5.74) is 3.29. The van der Waals surface area contributed by atoms with Crippen molar-refractivity contribution >= 4 is 11.7 Å². The zero-order valence-electron chi connectivity index (χ0n) is 14.5.